The number of amides is 2. The molecule has 0 spiro atoms. The summed E-state index contributed by atoms with van der Waals surface area (Å²) in [7, 11) is 6.20. The third-order valence-electron chi connectivity index (χ3n) is 12.0. The van der Waals surface area contributed by atoms with E-state index in [-0.39, 0.29) is 63.0 Å². The zero-order valence-corrected chi connectivity index (χ0v) is 36.7. The van der Waals surface area contributed by atoms with Crippen LogP contribution >= 0.6 is 0 Å². The molecule has 3 aliphatic rings. The topological polar surface area (TPSA) is 176 Å². The van der Waals surface area contributed by atoms with Gasteiger partial charge in [-0.05, 0) is 79.0 Å². The summed E-state index contributed by atoms with van der Waals surface area (Å²) < 4.78 is 42.3. The van der Waals surface area contributed by atoms with Crippen LogP contribution in [-0.4, -0.2) is 106 Å². The molecule has 0 radical (unpaired) electrons. The summed E-state index contributed by atoms with van der Waals surface area (Å²) in [5, 5.41) is 27.1. The maximum atomic E-state index is 14.0. The molecule has 1 fully saturated rings. The summed E-state index contributed by atoms with van der Waals surface area (Å²) in [6.07, 6.45) is 7.05. The Morgan fingerprint density at radius 3 is 2.43 bits per heavy atom. The average Bonchev–Trinajstić information content (AvgIpc) is 3.30. The van der Waals surface area contributed by atoms with Gasteiger partial charge in [-0.1, -0.05) is 60.5 Å². The fourth-order valence-electron chi connectivity index (χ4n) is 9.23. The SMILES string of the molecule is C=CCO[C@@]12Oc3ccc(OC(=O)Nc4ccc(OC)cc4OC)cc3[C@H]3[C@H](CCCCO)[C@@H](CCCCO)C=C(C(=NOC)C[C@@H]1N(C)C(=O)OCCOCc1ccccc1)[C@H]32. The molecule has 340 valence electrons. The van der Waals surface area contributed by atoms with Crippen molar-refractivity contribution < 1.29 is 57.8 Å². The fourth-order valence-corrected chi connectivity index (χ4v) is 9.23. The van der Waals surface area contributed by atoms with E-state index >= 15 is 0 Å². The number of likely N-dealkylation sites (N-methyl/N-ethyl adjacent to an activating group) is 1. The number of anilines is 1. The van der Waals surface area contributed by atoms with Crippen LogP contribution in [0.3, 0.4) is 0 Å². The van der Waals surface area contributed by atoms with Crippen molar-refractivity contribution in [2.75, 3.05) is 66.7 Å². The molecule has 1 aliphatic heterocycles. The lowest BCUT2D eigenvalue weighted by Crippen LogP contribution is -2.69. The lowest BCUT2D eigenvalue weighted by atomic mass is 9.55. The van der Waals surface area contributed by atoms with Crippen molar-refractivity contribution in [2.24, 2.45) is 22.9 Å². The number of benzene rings is 3. The minimum absolute atomic E-state index is 0.0159. The lowest BCUT2D eigenvalue weighted by Gasteiger charge is -2.59. The molecule has 63 heavy (non-hydrogen) atoms. The zero-order chi connectivity index (χ0) is 44.8. The molecular formula is C48H61N3O12. The van der Waals surface area contributed by atoms with Crippen LogP contribution in [-0.2, 0) is 25.7 Å². The summed E-state index contributed by atoms with van der Waals surface area (Å²) in [6, 6.07) is 19.3. The van der Waals surface area contributed by atoms with Gasteiger partial charge >= 0.3 is 12.2 Å². The number of carbonyl (C=O) groups is 2. The summed E-state index contributed by atoms with van der Waals surface area (Å²) in [4.78, 5) is 34.5. The van der Waals surface area contributed by atoms with E-state index in [0.29, 0.717) is 48.1 Å². The van der Waals surface area contributed by atoms with Crippen molar-refractivity contribution in [2.45, 2.75) is 69.3 Å². The van der Waals surface area contributed by atoms with E-state index < -0.39 is 29.9 Å². The number of methoxy groups -OCH3 is 2. The highest BCUT2D eigenvalue weighted by Crippen LogP contribution is 2.61. The Bertz CT molecular complexity index is 2060. The van der Waals surface area contributed by atoms with E-state index in [4.69, 9.17) is 38.0 Å². The quantitative estimate of drug-likeness (QED) is 0.0507. The highest BCUT2D eigenvalue weighted by atomic mass is 16.7. The number of carbonyl (C=O) groups excluding carboxylic acids is 2. The molecule has 15 heteroatoms. The van der Waals surface area contributed by atoms with Gasteiger partial charge in [-0.3, -0.25) is 5.32 Å². The molecule has 0 aromatic heterocycles. The summed E-state index contributed by atoms with van der Waals surface area (Å²) in [6.45, 7) is 4.78. The van der Waals surface area contributed by atoms with Gasteiger partial charge in [0.2, 0.25) is 5.79 Å². The normalized spacial score (nSPS) is 22.7. The number of aliphatic hydroxyl groups is 2. The molecule has 6 rings (SSSR count). The smallest absolute Gasteiger partial charge is 0.417 e. The van der Waals surface area contributed by atoms with E-state index in [1.807, 2.05) is 36.4 Å². The third-order valence-corrected chi connectivity index (χ3v) is 12.0. The highest BCUT2D eigenvalue weighted by Gasteiger charge is 2.65. The maximum Gasteiger partial charge on any atom is 0.417 e. The number of nitrogens with zero attached hydrogens (tertiary/aromatic N) is 2. The standard InChI is InChI=1S/C48H61N3O12/c1-6-24-61-48-43(51(2)47(55)60-26-25-59-31-32-14-8-7-9-15-32)30-40(50-58-5)37-27-33(16-10-12-22-52)36(17-11-13-23-53)44(45(37)48)38-28-35(19-21-41(38)63-48)62-46(54)49-39-20-18-34(56-3)29-42(39)57-4/h6-9,14-15,18-21,27-29,33,36,43-45,52-53H,1,10-13,16-17,22-26,30-31H2,2-5H3,(H,49,54)/t33-,36+,43-,44+,45+,48+/m0/s1. The third kappa shape index (κ3) is 11.0. The van der Waals surface area contributed by atoms with Gasteiger partial charge in [0.05, 0.1) is 51.4 Å². The molecule has 0 saturated heterocycles. The monoisotopic (exact) mass is 871 g/mol. The largest absolute Gasteiger partial charge is 0.497 e. The van der Waals surface area contributed by atoms with Crippen molar-refractivity contribution in [3.05, 3.63) is 102 Å². The number of rotatable bonds is 22. The molecular weight excluding hydrogens is 811 g/mol. The molecule has 3 N–H and O–H groups in total. The minimum Gasteiger partial charge on any atom is -0.497 e. The maximum absolute atomic E-state index is 14.0. The first-order valence-electron chi connectivity index (χ1n) is 21.6. The number of hydrogen-bond acceptors (Lipinski definition) is 13. The first-order valence-corrected chi connectivity index (χ1v) is 21.6. The van der Waals surface area contributed by atoms with Crippen LogP contribution in [0.25, 0.3) is 0 Å². The van der Waals surface area contributed by atoms with Crippen LogP contribution in [0.4, 0.5) is 15.3 Å². The molecule has 3 aromatic carbocycles. The molecule has 0 bridgehead atoms. The van der Waals surface area contributed by atoms with Crippen LogP contribution in [0.15, 0.2) is 96.2 Å². The fraction of sp³-hybridized carbons (Fsp3) is 0.479. The number of ether oxygens (including phenoxy) is 7. The number of unbranched alkanes of at least 4 members (excludes halogenated alkanes) is 2. The Hall–Kier alpha value is -5.61. The molecule has 15 nitrogen and oxygen atoms in total. The van der Waals surface area contributed by atoms with E-state index in [1.54, 1.807) is 50.6 Å². The number of nitrogens with one attached hydrogen (secondary N) is 1. The zero-order valence-electron chi connectivity index (χ0n) is 36.7. The molecule has 2 aliphatic carbocycles. The predicted octanol–water partition coefficient (Wildman–Crippen LogP) is 7.86. The van der Waals surface area contributed by atoms with Crippen LogP contribution in [0.1, 0.15) is 62.0 Å². The van der Waals surface area contributed by atoms with Crippen molar-refractivity contribution in [1.29, 1.82) is 0 Å². The molecule has 2 amide bonds. The Morgan fingerprint density at radius 2 is 1.71 bits per heavy atom. The summed E-state index contributed by atoms with van der Waals surface area (Å²) in [5.74, 6) is -0.640. The molecule has 6 atom stereocenters. The van der Waals surface area contributed by atoms with Crippen molar-refractivity contribution in [1.82, 2.24) is 4.90 Å². The Kier molecular flexibility index (Phi) is 16.9. The number of aliphatic hydroxyl groups excluding tert-OH is 2. The number of allylic oxidation sites excluding steroid dienone is 1. The number of oxime groups is 1. The van der Waals surface area contributed by atoms with Gasteiger partial charge in [0.1, 0.15) is 42.8 Å². The van der Waals surface area contributed by atoms with Gasteiger partial charge in [0.25, 0.3) is 0 Å². The Labute approximate surface area is 369 Å². The summed E-state index contributed by atoms with van der Waals surface area (Å²) in [5.41, 5.74) is 3.69. The van der Waals surface area contributed by atoms with Gasteiger partial charge in [0.15, 0.2) is 0 Å². The molecule has 1 saturated carbocycles. The van der Waals surface area contributed by atoms with Crippen molar-refractivity contribution >= 4 is 23.6 Å². The number of fused-ring (bicyclic) bond motifs is 2. The Morgan fingerprint density at radius 1 is 0.952 bits per heavy atom. The minimum atomic E-state index is -1.47. The van der Waals surface area contributed by atoms with Crippen molar-refractivity contribution in [3.63, 3.8) is 0 Å². The van der Waals surface area contributed by atoms with Crippen LogP contribution in [0.5, 0.6) is 23.0 Å². The van der Waals surface area contributed by atoms with E-state index in [0.717, 1.165) is 42.4 Å². The lowest BCUT2D eigenvalue weighted by molar-refractivity contribution is -0.253. The predicted molar refractivity (Wildman–Crippen MR) is 236 cm³/mol. The van der Waals surface area contributed by atoms with E-state index in [1.165, 1.54) is 19.1 Å². The average molecular weight is 872 g/mol. The first-order chi connectivity index (χ1) is 30.7. The van der Waals surface area contributed by atoms with Gasteiger partial charge in [-0.25, -0.2) is 9.59 Å². The van der Waals surface area contributed by atoms with Crippen LogP contribution < -0.4 is 24.3 Å². The van der Waals surface area contributed by atoms with Gasteiger partial charge in [0, 0.05) is 44.2 Å². The van der Waals surface area contributed by atoms with Gasteiger partial charge in [-0.15, -0.1) is 6.58 Å². The van der Waals surface area contributed by atoms with Crippen LogP contribution in [0, 0.1) is 17.8 Å². The molecule has 3 aromatic rings. The second-order valence-corrected chi connectivity index (χ2v) is 15.8. The summed E-state index contributed by atoms with van der Waals surface area (Å²) >= 11 is 0. The van der Waals surface area contributed by atoms with Gasteiger partial charge in [-0.2, -0.15) is 0 Å². The second-order valence-electron chi connectivity index (χ2n) is 15.8. The molecule has 0 unspecified atom stereocenters. The second kappa shape index (κ2) is 22.7. The van der Waals surface area contributed by atoms with E-state index in [9.17, 15) is 19.8 Å². The Balaban J connectivity index is 1.39. The van der Waals surface area contributed by atoms with E-state index in [2.05, 4.69) is 23.1 Å². The molecule has 1 heterocycles. The highest BCUT2D eigenvalue weighted by molar-refractivity contribution is 6.03. The van der Waals surface area contributed by atoms with Gasteiger partial charge < -0.3 is 53.1 Å². The van der Waals surface area contributed by atoms with Crippen LogP contribution in [0.2, 0.25) is 0 Å². The first kappa shape index (κ1) is 46.9. The van der Waals surface area contributed by atoms with Crippen molar-refractivity contribution in [3.8, 4) is 23.0 Å². The number of hydrogen-bond donors (Lipinski definition) is 3.